The van der Waals surface area contributed by atoms with Gasteiger partial charge in [0.1, 0.15) is 12.4 Å². The molecule has 0 atom stereocenters. The molecule has 0 aliphatic carbocycles. The number of nitrogens with one attached hydrogen (secondary N) is 1. The second-order valence-corrected chi connectivity index (χ2v) is 8.02. The van der Waals surface area contributed by atoms with E-state index in [0.717, 1.165) is 22.7 Å². The third kappa shape index (κ3) is 5.67. The van der Waals surface area contributed by atoms with Crippen molar-refractivity contribution in [3.8, 4) is 0 Å². The standard InChI is InChI=1S/C18H18ClFN2O5S/c1-3-27-18(24)15-9-6-13(10-16(15)19)21-17(23)11-22(28(2,25)26)14-7-4-12(20)5-8-14/h4-10H,3,11H2,1-2H3,(H,21,23). The molecule has 0 radical (unpaired) electrons. The van der Waals surface area contributed by atoms with Crippen LogP contribution >= 0.6 is 11.6 Å². The largest absolute Gasteiger partial charge is 0.462 e. The fourth-order valence-corrected chi connectivity index (χ4v) is 3.42. The average molecular weight is 429 g/mol. The van der Waals surface area contributed by atoms with Gasteiger partial charge in [-0.3, -0.25) is 9.10 Å². The van der Waals surface area contributed by atoms with Gasteiger partial charge in [0, 0.05) is 5.69 Å². The van der Waals surface area contributed by atoms with Gasteiger partial charge in [-0.25, -0.2) is 17.6 Å². The zero-order valence-corrected chi connectivity index (χ0v) is 16.7. The van der Waals surface area contributed by atoms with Crippen LogP contribution in [0.4, 0.5) is 15.8 Å². The number of sulfonamides is 1. The summed E-state index contributed by atoms with van der Waals surface area (Å²) in [6, 6.07) is 8.90. The molecule has 0 saturated carbocycles. The third-order valence-electron chi connectivity index (χ3n) is 3.55. The van der Waals surface area contributed by atoms with E-state index in [-0.39, 0.29) is 28.6 Å². The van der Waals surface area contributed by atoms with Crippen LogP contribution < -0.4 is 9.62 Å². The second-order valence-electron chi connectivity index (χ2n) is 5.71. The van der Waals surface area contributed by atoms with E-state index in [0.29, 0.717) is 0 Å². The van der Waals surface area contributed by atoms with Crippen LogP contribution in [0, 0.1) is 5.82 Å². The van der Waals surface area contributed by atoms with Crippen molar-refractivity contribution in [2.45, 2.75) is 6.92 Å². The Morgan fingerprint density at radius 3 is 2.36 bits per heavy atom. The molecule has 2 aromatic carbocycles. The summed E-state index contributed by atoms with van der Waals surface area (Å²) in [5.74, 6) is -1.77. The minimum absolute atomic E-state index is 0.0785. The molecular formula is C18H18ClFN2O5S. The molecule has 0 aromatic heterocycles. The molecule has 1 N–H and O–H groups in total. The number of benzene rings is 2. The van der Waals surface area contributed by atoms with Crippen molar-refractivity contribution in [1.29, 1.82) is 0 Å². The highest BCUT2D eigenvalue weighted by atomic mass is 35.5. The molecule has 2 rings (SSSR count). The number of esters is 1. The Balaban J connectivity index is 2.16. The van der Waals surface area contributed by atoms with Crippen molar-refractivity contribution in [2.75, 3.05) is 29.0 Å². The van der Waals surface area contributed by atoms with E-state index in [1.165, 1.54) is 30.3 Å². The lowest BCUT2D eigenvalue weighted by Gasteiger charge is -2.22. The van der Waals surface area contributed by atoms with E-state index in [4.69, 9.17) is 16.3 Å². The van der Waals surface area contributed by atoms with Gasteiger partial charge < -0.3 is 10.1 Å². The van der Waals surface area contributed by atoms with E-state index in [1.807, 2.05) is 0 Å². The van der Waals surface area contributed by atoms with Crippen LogP contribution in [-0.2, 0) is 19.6 Å². The van der Waals surface area contributed by atoms with Gasteiger partial charge in [-0.05, 0) is 49.4 Å². The molecule has 0 bridgehead atoms. The maximum atomic E-state index is 13.1. The summed E-state index contributed by atoms with van der Waals surface area (Å²) in [5, 5.41) is 2.59. The zero-order chi connectivity index (χ0) is 20.9. The summed E-state index contributed by atoms with van der Waals surface area (Å²) in [4.78, 5) is 24.1. The number of anilines is 2. The number of amides is 1. The van der Waals surface area contributed by atoms with E-state index in [1.54, 1.807) is 6.92 Å². The lowest BCUT2D eigenvalue weighted by molar-refractivity contribution is -0.114. The molecule has 0 spiro atoms. The highest BCUT2D eigenvalue weighted by Gasteiger charge is 2.21. The number of carbonyl (C=O) groups is 2. The molecule has 0 fully saturated rings. The van der Waals surface area contributed by atoms with Crippen LogP contribution in [0.5, 0.6) is 0 Å². The Hall–Kier alpha value is -2.65. The van der Waals surface area contributed by atoms with E-state index in [9.17, 15) is 22.4 Å². The van der Waals surface area contributed by atoms with Crippen LogP contribution in [0.3, 0.4) is 0 Å². The summed E-state index contributed by atoms with van der Waals surface area (Å²) >= 11 is 6.04. The Morgan fingerprint density at radius 1 is 1.18 bits per heavy atom. The molecular weight excluding hydrogens is 411 g/mol. The van der Waals surface area contributed by atoms with Crippen LogP contribution in [0.25, 0.3) is 0 Å². The second kappa shape index (κ2) is 9.03. The van der Waals surface area contributed by atoms with E-state index < -0.39 is 34.3 Å². The predicted molar refractivity (Wildman–Crippen MR) is 105 cm³/mol. The van der Waals surface area contributed by atoms with Gasteiger partial charge in [0.25, 0.3) is 0 Å². The predicted octanol–water partition coefficient (Wildman–Crippen LogP) is 3.06. The molecule has 1 amide bonds. The van der Waals surface area contributed by atoms with Crippen LogP contribution in [0.1, 0.15) is 17.3 Å². The summed E-state index contributed by atoms with van der Waals surface area (Å²) in [7, 11) is -3.79. The summed E-state index contributed by atoms with van der Waals surface area (Å²) in [6.07, 6.45) is 0.939. The first-order valence-corrected chi connectivity index (χ1v) is 10.3. The molecule has 0 heterocycles. The Morgan fingerprint density at radius 2 is 1.82 bits per heavy atom. The smallest absolute Gasteiger partial charge is 0.339 e. The first kappa shape index (κ1) is 21.6. The topological polar surface area (TPSA) is 92.8 Å². The van der Waals surface area contributed by atoms with Crippen molar-refractivity contribution in [2.24, 2.45) is 0 Å². The average Bonchev–Trinajstić information content (AvgIpc) is 2.60. The molecule has 0 unspecified atom stereocenters. The fraction of sp³-hybridized carbons (Fsp3) is 0.222. The first-order valence-electron chi connectivity index (χ1n) is 8.11. The van der Waals surface area contributed by atoms with E-state index >= 15 is 0 Å². The Labute approximate surface area is 167 Å². The van der Waals surface area contributed by atoms with Gasteiger partial charge in [0.05, 0.1) is 29.1 Å². The summed E-state index contributed by atoms with van der Waals surface area (Å²) in [6.45, 7) is 1.33. The minimum atomic E-state index is -3.79. The lowest BCUT2D eigenvalue weighted by Crippen LogP contribution is -2.37. The molecule has 150 valence electrons. The molecule has 0 aliphatic rings. The van der Waals surface area contributed by atoms with Gasteiger partial charge in [-0.1, -0.05) is 11.6 Å². The van der Waals surface area contributed by atoms with Crippen LogP contribution in [-0.4, -0.2) is 39.7 Å². The SMILES string of the molecule is CCOC(=O)c1ccc(NC(=O)CN(c2ccc(F)cc2)S(C)(=O)=O)cc1Cl. The van der Waals surface area contributed by atoms with Crippen molar-refractivity contribution in [1.82, 2.24) is 0 Å². The quantitative estimate of drug-likeness (QED) is 0.684. The number of hydrogen-bond acceptors (Lipinski definition) is 5. The minimum Gasteiger partial charge on any atom is -0.462 e. The highest BCUT2D eigenvalue weighted by Crippen LogP contribution is 2.22. The van der Waals surface area contributed by atoms with Gasteiger partial charge in [-0.15, -0.1) is 0 Å². The van der Waals surface area contributed by atoms with Crippen molar-refractivity contribution in [3.05, 3.63) is 58.9 Å². The Bertz CT molecular complexity index is 980. The molecule has 0 saturated heterocycles. The normalized spacial score (nSPS) is 11.0. The maximum Gasteiger partial charge on any atom is 0.339 e. The molecule has 2 aromatic rings. The number of halogens is 2. The molecule has 28 heavy (non-hydrogen) atoms. The van der Waals surface area contributed by atoms with Crippen LogP contribution in [0.2, 0.25) is 5.02 Å². The number of rotatable bonds is 7. The monoisotopic (exact) mass is 428 g/mol. The van der Waals surface area contributed by atoms with Crippen molar-refractivity contribution < 1.29 is 27.1 Å². The lowest BCUT2D eigenvalue weighted by atomic mass is 10.2. The fourth-order valence-electron chi connectivity index (χ4n) is 2.31. The Kier molecular flexibility index (Phi) is 6.98. The van der Waals surface area contributed by atoms with Gasteiger partial charge >= 0.3 is 5.97 Å². The van der Waals surface area contributed by atoms with Gasteiger partial charge in [0.2, 0.25) is 15.9 Å². The van der Waals surface area contributed by atoms with Crippen molar-refractivity contribution >= 4 is 44.9 Å². The summed E-state index contributed by atoms with van der Waals surface area (Å²) < 4.78 is 42.8. The van der Waals surface area contributed by atoms with E-state index in [2.05, 4.69) is 5.32 Å². The van der Waals surface area contributed by atoms with Crippen LogP contribution in [0.15, 0.2) is 42.5 Å². The number of carbonyl (C=O) groups excluding carboxylic acids is 2. The number of nitrogens with zero attached hydrogens (tertiary/aromatic N) is 1. The first-order chi connectivity index (χ1) is 13.1. The third-order valence-corrected chi connectivity index (χ3v) is 5.00. The summed E-state index contributed by atoms with van der Waals surface area (Å²) in [5.41, 5.74) is 0.566. The van der Waals surface area contributed by atoms with Crippen molar-refractivity contribution in [3.63, 3.8) is 0 Å². The number of hydrogen-bond donors (Lipinski definition) is 1. The number of ether oxygens (including phenoxy) is 1. The van der Waals surface area contributed by atoms with Gasteiger partial charge in [0.15, 0.2) is 0 Å². The van der Waals surface area contributed by atoms with Gasteiger partial charge in [-0.2, -0.15) is 0 Å². The molecule has 0 aliphatic heterocycles. The zero-order valence-electron chi connectivity index (χ0n) is 15.1. The highest BCUT2D eigenvalue weighted by molar-refractivity contribution is 7.92. The molecule has 7 nitrogen and oxygen atoms in total. The molecule has 10 heteroatoms. The maximum absolute atomic E-state index is 13.1.